The van der Waals surface area contributed by atoms with Gasteiger partial charge >= 0.3 is 0 Å². The summed E-state index contributed by atoms with van der Waals surface area (Å²) in [6.45, 7) is 10.0. The van der Waals surface area contributed by atoms with Gasteiger partial charge in [-0.25, -0.2) is 0 Å². The highest BCUT2D eigenvalue weighted by molar-refractivity contribution is 6.42. The summed E-state index contributed by atoms with van der Waals surface area (Å²) < 4.78 is 17.3. The molecule has 1 heterocycles. The van der Waals surface area contributed by atoms with Gasteiger partial charge in [0.2, 0.25) is 0 Å². The van der Waals surface area contributed by atoms with Gasteiger partial charge in [0.25, 0.3) is 0 Å². The maximum atomic E-state index is 14.1. The molecule has 236 valence electrons. The number of ether oxygens (including phenoxy) is 3. The Kier molecular flexibility index (Phi) is 9.49. The van der Waals surface area contributed by atoms with Crippen molar-refractivity contribution in [2.75, 3.05) is 27.4 Å². The van der Waals surface area contributed by atoms with Crippen molar-refractivity contribution in [1.29, 1.82) is 0 Å². The largest absolute Gasteiger partial charge is 0.493 e. The number of methoxy groups -OCH3 is 2. The molecule has 0 saturated heterocycles. The Morgan fingerprint density at radius 3 is 1.98 bits per heavy atom. The number of halogens is 3. The molecule has 2 aromatic rings. The van der Waals surface area contributed by atoms with Crippen molar-refractivity contribution < 1.29 is 23.8 Å². The third kappa shape index (κ3) is 6.55. The Bertz CT molecular complexity index is 1500. The van der Waals surface area contributed by atoms with E-state index in [0.717, 1.165) is 41.8 Å². The number of hydrogen-bond donors (Lipinski definition) is 0. The van der Waals surface area contributed by atoms with E-state index in [1.165, 1.54) is 0 Å². The molecule has 1 aliphatic heterocycles. The first-order valence-electron chi connectivity index (χ1n) is 15.0. The van der Waals surface area contributed by atoms with Crippen molar-refractivity contribution in [2.24, 2.45) is 10.8 Å². The van der Waals surface area contributed by atoms with Gasteiger partial charge in [0.1, 0.15) is 6.61 Å². The highest BCUT2D eigenvalue weighted by Gasteiger charge is 2.49. The van der Waals surface area contributed by atoms with E-state index >= 15 is 0 Å². The summed E-state index contributed by atoms with van der Waals surface area (Å²) in [7, 11) is 3.25. The van der Waals surface area contributed by atoms with Crippen LogP contribution in [0.15, 0.2) is 52.9 Å². The van der Waals surface area contributed by atoms with E-state index in [9.17, 15) is 9.59 Å². The molecule has 0 radical (unpaired) electrons. The van der Waals surface area contributed by atoms with Gasteiger partial charge in [-0.2, -0.15) is 0 Å². The molecule has 9 heteroatoms. The van der Waals surface area contributed by atoms with Crippen LogP contribution >= 0.6 is 34.8 Å². The minimum absolute atomic E-state index is 0.0669. The van der Waals surface area contributed by atoms with E-state index in [-0.39, 0.29) is 29.0 Å². The number of carbonyl (C=O) groups excluding carboxylic acids is 2. The molecular formula is C35H40Cl3NO5. The summed E-state index contributed by atoms with van der Waals surface area (Å²) in [5.41, 5.74) is 4.54. The fourth-order valence-electron chi connectivity index (χ4n) is 6.85. The standard InChI is InChI=1S/C35H40Cl3NO5/c1-34(2)15-25-31(27(40)17-34)30(32-26(39(25)10-7-11-42-5)16-35(3,4)18-28(32)41)21-13-24(38)33(29(14-21)43-6)44-19-20-8-9-22(36)23(37)12-20/h8-9,12-14,30H,7,10-11,15-19H2,1-6H3. The average molecular weight is 661 g/mol. The molecule has 0 amide bonds. The van der Waals surface area contributed by atoms with Crippen molar-refractivity contribution in [3.63, 3.8) is 0 Å². The van der Waals surface area contributed by atoms with Crippen LogP contribution in [0.2, 0.25) is 15.1 Å². The molecular weight excluding hydrogens is 621 g/mol. The van der Waals surface area contributed by atoms with Gasteiger partial charge in [-0.1, -0.05) is 68.6 Å². The number of rotatable bonds is 9. The number of hydrogen-bond acceptors (Lipinski definition) is 6. The number of nitrogens with zero attached hydrogens (tertiary/aromatic N) is 1. The van der Waals surface area contributed by atoms with Crippen LogP contribution in [0.5, 0.6) is 11.5 Å². The maximum absolute atomic E-state index is 14.1. The van der Waals surface area contributed by atoms with Crippen molar-refractivity contribution in [1.82, 2.24) is 4.90 Å². The second-order valence-electron chi connectivity index (χ2n) is 13.6. The molecule has 2 aliphatic carbocycles. The Balaban J connectivity index is 1.63. The Labute approximate surface area is 275 Å². The first-order chi connectivity index (χ1) is 20.7. The predicted molar refractivity (Wildman–Crippen MR) is 175 cm³/mol. The van der Waals surface area contributed by atoms with Gasteiger partial charge in [0.15, 0.2) is 23.1 Å². The minimum atomic E-state index is -0.540. The Morgan fingerprint density at radius 1 is 0.818 bits per heavy atom. The lowest BCUT2D eigenvalue weighted by Gasteiger charge is -2.49. The SMILES string of the molecule is COCCCN1C2=C(C(=O)CC(C)(C)C2)C(c2cc(Cl)c(OCc3ccc(Cl)c(Cl)c3)c(OC)c2)C2=C1CC(C)(C)CC2=O. The molecule has 0 unspecified atom stereocenters. The summed E-state index contributed by atoms with van der Waals surface area (Å²) >= 11 is 19.2. The van der Waals surface area contributed by atoms with E-state index in [2.05, 4.69) is 32.6 Å². The molecule has 0 spiro atoms. The van der Waals surface area contributed by atoms with Crippen LogP contribution in [0.1, 0.15) is 76.8 Å². The number of ketones is 2. The number of allylic oxidation sites excluding steroid dienone is 4. The van der Waals surface area contributed by atoms with E-state index in [4.69, 9.17) is 49.0 Å². The zero-order valence-electron chi connectivity index (χ0n) is 26.2. The van der Waals surface area contributed by atoms with E-state index in [0.29, 0.717) is 63.7 Å². The lowest BCUT2D eigenvalue weighted by atomic mass is 9.63. The summed E-state index contributed by atoms with van der Waals surface area (Å²) in [5.74, 6) is 0.388. The second kappa shape index (κ2) is 12.7. The van der Waals surface area contributed by atoms with Crippen LogP contribution < -0.4 is 9.47 Å². The fraction of sp³-hybridized carbons (Fsp3) is 0.486. The summed E-state index contributed by atoms with van der Waals surface area (Å²) in [5, 5.41) is 1.23. The molecule has 2 aromatic carbocycles. The van der Waals surface area contributed by atoms with Crippen LogP contribution in [-0.4, -0.2) is 43.8 Å². The van der Waals surface area contributed by atoms with Gasteiger partial charge in [0.05, 0.1) is 22.2 Å². The van der Waals surface area contributed by atoms with Crippen LogP contribution in [0.3, 0.4) is 0 Å². The van der Waals surface area contributed by atoms with Gasteiger partial charge in [0, 0.05) is 61.6 Å². The first kappa shape index (κ1) is 32.9. The summed E-state index contributed by atoms with van der Waals surface area (Å²) in [6.07, 6.45) is 3.07. The third-order valence-electron chi connectivity index (χ3n) is 8.70. The van der Waals surface area contributed by atoms with Crippen LogP contribution in [-0.2, 0) is 20.9 Å². The molecule has 0 fully saturated rings. The summed E-state index contributed by atoms with van der Waals surface area (Å²) in [6, 6.07) is 8.96. The zero-order chi connectivity index (χ0) is 32.0. The predicted octanol–water partition coefficient (Wildman–Crippen LogP) is 8.96. The Hall–Kier alpha value is -2.51. The topological polar surface area (TPSA) is 65.1 Å². The zero-order valence-corrected chi connectivity index (χ0v) is 28.5. The monoisotopic (exact) mass is 659 g/mol. The molecule has 0 saturated carbocycles. The van der Waals surface area contributed by atoms with Crippen molar-refractivity contribution in [3.05, 3.63) is 79.1 Å². The molecule has 0 aromatic heterocycles. The highest BCUT2D eigenvalue weighted by atomic mass is 35.5. The van der Waals surface area contributed by atoms with E-state index < -0.39 is 5.92 Å². The normalized spacial score (nSPS) is 19.7. The number of benzene rings is 2. The van der Waals surface area contributed by atoms with Gasteiger partial charge in [-0.3, -0.25) is 9.59 Å². The molecule has 0 bridgehead atoms. The molecule has 0 N–H and O–H groups in total. The van der Waals surface area contributed by atoms with Crippen molar-refractivity contribution in [3.8, 4) is 11.5 Å². The molecule has 44 heavy (non-hydrogen) atoms. The molecule has 6 nitrogen and oxygen atoms in total. The second-order valence-corrected chi connectivity index (χ2v) is 14.8. The number of carbonyl (C=O) groups is 2. The average Bonchev–Trinajstić information content (AvgIpc) is 2.93. The van der Waals surface area contributed by atoms with E-state index in [1.54, 1.807) is 26.4 Å². The molecule has 5 rings (SSSR count). The van der Waals surface area contributed by atoms with Crippen LogP contribution in [0, 0.1) is 10.8 Å². The maximum Gasteiger partial charge on any atom is 0.180 e. The summed E-state index contributed by atoms with van der Waals surface area (Å²) in [4.78, 5) is 30.4. The number of Topliss-reactive ketones (excluding diaryl/α,β-unsaturated/α-hetero) is 2. The fourth-order valence-corrected chi connectivity index (χ4v) is 7.44. The highest BCUT2D eigenvalue weighted by Crippen LogP contribution is 2.55. The quantitative estimate of drug-likeness (QED) is 0.250. The lowest BCUT2D eigenvalue weighted by molar-refractivity contribution is -0.119. The van der Waals surface area contributed by atoms with Gasteiger partial charge < -0.3 is 19.1 Å². The first-order valence-corrected chi connectivity index (χ1v) is 16.1. The molecule has 3 aliphatic rings. The van der Waals surface area contributed by atoms with Crippen molar-refractivity contribution >= 4 is 46.4 Å². The van der Waals surface area contributed by atoms with Gasteiger partial charge in [-0.15, -0.1) is 0 Å². The van der Waals surface area contributed by atoms with Gasteiger partial charge in [-0.05, 0) is 65.5 Å². The van der Waals surface area contributed by atoms with E-state index in [1.807, 2.05) is 18.2 Å². The lowest BCUT2D eigenvalue weighted by Crippen LogP contribution is -2.44. The van der Waals surface area contributed by atoms with Crippen molar-refractivity contribution in [2.45, 2.75) is 72.3 Å². The minimum Gasteiger partial charge on any atom is -0.493 e. The Morgan fingerprint density at radius 2 is 1.43 bits per heavy atom. The third-order valence-corrected chi connectivity index (χ3v) is 9.72. The van der Waals surface area contributed by atoms with Crippen LogP contribution in [0.4, 0.5) is 0 Å². The smallest absolute Gasteiger partial charge is 0.180 e. The molecule has 0 atom stereocenters. The van der Waals surface area contributed by atoms with Crippen LogP contribution in [0.25, 0.3) is 0 Å².